The zero-order valence-electron chi connectivity index (χ0n) is 12.8. The minimum Gasteiger partial charge on any atom is -0.459 e. The number of piperazine rings is 1. The molecule has 23 heavy (non-hydrogen) atoms. The van der Waals surface area contributed by atoms with Crippen LogP contribution in [0.1, 0.15) is 41.4 Å². The molecular weight excluding hydrogens is 292 g/mol. The summed E-state index contributed by atoms with van der Waals surface area (Å²) in [5, 5.41) is 0. The zero-order valence-corrected chi connectivity index (χ0v) is 12.8. The van der Waals surface area contributed by atoms with Crippen LogP contribution in [-0.2, 0) is 0 Å². The van der Waals surface area contributed by atoms with Gasteiger partial charge in [0.1, 0.15) is 12.1 Å². The minimum absolute atomic E-state index is 0.0113. The number of carbonyl (C=O) groups is 1. The molecule has 0 spiro atoms. The summed E-state index contributed by atoms with van der Waals surface area (Å²) in [5.41, 5.74) is 1.16. The molecule has 4 fully saturated rings. The van der Waals surface area contributed by atoms with Gasteiger partial charge in [0.2, 0.25) is 0 Å². The molecular formula is C17H18N4O2. The maximum atomic E-state index is 12.5. The van der Waals surface area contributed by atoms with Crippen LogP contribution in [0.3, 0.4) is 0 Å². The van der Waals surface area contributed by atoms with Gasteiger partial charge < -0.3 is 14.2 Å². The summed E-state index contributed by atoms with van der Waals surface area (Å²) in [6, 6.07) is 6.13. The van der Waals surface area contributed by atoms with E-state index >= 15 is 0 Å². The van der Waals surface area contributed by atoms with Crippen molar-refractivity contribution in [2.75, 3.05) is 18.0 Å². The lowest BCUT2D eigenvalue weighted by Gasteiger charge is -2.56. The molecule has 5 heterocycles. The summed E-state index contributed by atoms with van der Waals surface area (Å²) in [5.74, 6) is 2.08. The molecule has 1 amide bonds. The smallest absolute Gasteiger partial charge is 0.290 e. The highest BCUT2D eigenvalue weighted by atomic mass is 16.3. The van der Waals surface area contributed by atoms with E-state index in [1.165, 1.54) is 12.8 Å². The third kappa shape index (κ3) is 2.12. The van der Waals surface area contributed by atoms with Gasteiger partial charge in [-0.25, -0.2) is 9.97 Å². The Labute approximate surface area is 134 Å². The van der Waals surface area contributed by atoms with Crippen molar-refractivity contribution in [2.24, 2.45) is 0 Å². The van der Waals surface area contributed by atoms with E-state index in [0.29, 0.717) is 11.7 Å². The Morgan fingerprint density at radius 2 is 2.04 bits per heavy atom. The van der Waals surface area contributed by atoms with Crippen LogP contribution < -0.4 is 4.90 Å². The molecule has 6 rings (SSSR count). The SMILES string of the molecule is O=C(c1ccco1)N1C2CC1CN(c1cc(C3CC3)ncn1)C2. The fourth-order valence-corrected chi connectivity index (χ4v) is 3.79. The lowest BCUT2D eigenvalue weighted by atomic mass is 9.87. The van der Waals surface area contributed by atoms with Gasteiger partial charge in [0.25, 0.3) is 5.91 Å². The Balaban J connectivity index is 1.32. The van der Waals surface area contributed by atoms with Gasteiger partial charge in [-0.05, 0) is 31.4 Å². The molecule has 2 aromatic heterocycles. The molecule has 2 aromatic rings. The first-order chi connectivity index (χ1) is 11.3. The van der Waals surface area contributed by atoms with E-state index in [-0.39, 0.29) is 18.0 Å². The van der Waals surface area contributed by atoms with Gasteiger partial charge in [0, 0.05) is 30.8 Å². The van der Waals surface area contributed by atoms with Crippen LogP contribution in [0, 0.1) is 0 Å². The first kappa shape index (κ1) is 13.1. The number of carbonyl (C=O) groups excluding carboxylic acids is 1. The molecule has 6 nitrogen and oxygen atoms in total. The van der Waals surface area contributed by atoms with Crippen molar-refractivity contribution >= 4 is 11.7 Å². The second kappa shape index (κ2) is 4.81. The summed E-state index contributed by atoms with van der Waals surface area (Å²) in [6.45, 7) is 1.67. The van der Waals surface area contributed by atoms with Crippen molar-refractivity contribution < 1.29 is 9.21 Å². The number of anilines is 1. The highest BCUT2D eigenvalue weighted by Gasteiger charge is 2.48. The van der Waals surface area contributed by atoms with E-state index in [0.717, 1.165) is 31.0 Å². The third-order valence-electron chi connectivity index (χ3n) is 5.15. The molecule has 0 radical (unpaired) electrons. The Kier molecular flexibility index (Phi) is 2.74. The molecule has 0 aromatic carbocycles. The fourth-order valence-electron chi connectivity index (χ4n) is 3.79. The van der Waals surface area contributed by atoms with Crippen molar-refractivity contribution in [2.45, 2.75) is 37.3 Å². The highest BCUT2D eigenvalue weighted by Crippen LogP contribution is 2.40. The van der Waals surface area contributed by atoms with Crippen molar-refractivity contribution in [3.63, 3.8) is 0 Å². The van der Waals surface area contributed by atoms with Gasteiger partial charge in [0.15, 0.2) is 5.76 Å². The molecule has 2 atom stereocenters. The van der Waals surface area contributed by atoms with E-state index in [2.05, 4.69) is 20.9 Å². The number of amides is 1. The molecule has 118 valence electrons. The number of nitrogens with zero attached hydrogens (tertiary/aromatic N) is 4. The zero-order chi connectivity index (χ0) is 15.4. The molecule has 0 N–H and O–H groups in total. The van der Waals surface area contributed by atoms with E-state index in [1.54, 1.807) is 24.7 Å². The lowest BCUT2D eigenvalue weighted by Crippen LogP contribution is -2.70. The second-order valence-electron chi connectivity index (χ2n) is 6.71. The van der Waals surface area contributed by atoms with Crippen molar-refractivity contribution in [3.05, 3.63) is 42.2 Å². The van der Waals surface area contributed by atoms with Crippen LogP contribution in [0.5, 0.6) is 0 Å². The standard InChI is InChI=1S/C17H18N4O2/c22-17(15-2-1-5-23-15)21-12-6-13(21)9-20(8-12)16-7-14(11-3-4-11)18-10-19-16/h1-2,5,7,10-13H,3-4,6,8-9H2. The average Bonchev–Trinajstić information content (AvgIpc) is 3.29. The Hall–Kier alpha value is -2.37. The Morgan fingerprint density at radius 3 is 2.74 bits per heavy atom. The molecule has 3 aliphatic heterocycles. The summed E-state index contributed by atoms with van der Waals surface area (Å²) in [7, 11) is 0. The summed E-state index contributed by atoms with van der Waals surface area (Å²) in [4.78, 5) is 25.6. The molecule has 6 heteroatoms. The van der Waals surface area contributed by atoms with Gasteiger partial charge in [-0.3, -0.25) is 4.79 Å². The number of hydrogen-bond donors (Lipinski definition) is 0. The normalized spacial score (nSPS) is 26.1. The van der Waals surface area contributed by atoms with Crippen LogP contribution in [-0.4, -0.2) is 45.9 Å². The van der Waals surface area contributed by atoms with Crippen molar-refractivity contribution in [3.8, 4) is 0 Å². The predicted octanol–water partition coefficient (Wildman–Crippen LogP) is 2.05. The molecule has 2 bridgehead atoms. The van der Waals surface area contributed by atoms with Crippen LogP contribution in [0.2, 0.25) is 0 Å². The monoisotopic (exact) mass is 310 g/mol. The van der Waals surface area contributed by atoms with E-state index in [1.807, 2.05) is 4.90 Å². The number of piperidine rings is 1. The molecule has 1 aliphatic carbocycles. The van der Waals surface area contributed by atoms with E-state index in [4.69, 9.17) is 4.42 Å². The summed E-state index contributed by atoms with van der Waals surface area (Å²) < 4.78 is 5.25. The maximum Gasteiger partial charge on any atom is 0.290 e. The van der Waals surface area contributed by atoms with Crippen LogP contribution in [0.15, 0.2) is 35.2 Å². The van der Waals surface area contributed by atoms with E-state index < -0.39 is 0 Å². The number of furan rings is 1. The number of rotatable bonds is 3. The summed E-state index contributed by atoms with van der Waals surface area (Å²) in [6.07, 6.45) is 6.79. The van der Waals surface area contributed by atoms with Gasteiger partial charge in [-0.15, -0.1) is 0 Å². The van der Waals surface area contributed by atoms with Crippen LogP contribution in [0.25, 0.3) is 0 Å². The highest BCUT2D eigenvalue weighted by molar-refractivity contribution is 5.92. The topological polar surface area (TPSA) is 62.5 Å². The molecule has 2 unspecified atom stereocenters. The number of fused-ring (bicyclic) bond motifs is 2. The second-order valence-corrected chi connectivity index (χ2v) is 6.71. The first-order valence-electron chi connectivity index (χ1n) is 8.22. The molecule has 1 saturated carbocycles. The average molecular weight is 310 g/mol. The number of aromatic nitrogens is 2. The van der Waals surface area contributed by atoms with Gasteiger partial charge in [-0.2, -0.15) is 0 Å². The van der Waals surface area contributed by atoms with Gasteiger partial charge in [0.05, 0.1) is 18.3 Å². The van der Waals surface area contributed by atoms with Crippen molar-refractivity contribution in [1.29, 1.82) is 0 Å². The largest absolute Gasteiger partial charge is 0.459 e. The van der Waals surface area contributed by atoms with Gasteiger partial charge in [-0.1, -0.05) is 0 Å². The van der Waals surface area contributed by atoms with Crippen molar-refractivity contribution in [1.82, 2.24) is 14.9 Å². The van der Waals surface area contributed by atoms with Crippen LogP contribution >= 0.6 is 0 Å². The Bertz CT molecular complexity index is 729. The molecule has 4 aliphatic rings. The first-order valence-corrected chi connectivity index (χ1v) is 8.22. The maximum absolute atomic E-state index is 12.5. The van der Waals surface area contributed by atoms with Crippen LogP contribution in [0.4, 0.5) is 5.82 Å². The third-order valence-corrected chi connectivity index (χ3v) is 5.15. The molecule has 3 saturated heterocycles. The number of hydrogen-bond acceptors (Lipinski definition) is 5. The van der Waals surface area contributed by atoms with Gasteiger partial charge >= 0.3 is 0 Å². The summed E-state index contributed by atoms with van der Waals surface area (Å²) >= 11 is 0. The minimum atomic E-state index is 0.0113. The van der Waals surface area contributed by atoms with E-state index in [9.17, 15) is 4.79 Å². The quantitative estimate of drug-likeness (QED) is 0.868. The fraction of sp³-hybridized carbons (Fsp3) is 0.471. The lowest BCUT2D eigenvalue weighted by molar-refractivity contribution is 0.00314. The Morgan fingerprint density at radius 1 is 1.22 bits per heavy atom. The predicted molar refractivity (Wildman–Crippen MR) is 83.3 cm³/mol.